The SMILES string of the molecule is CCCN(C(=O)C1(C#N)CC(C)C1)C1CC1. The van der Waals surface area contributed by atoms with Gasteiger partial charge in [-0.3, -0.25) is 4.79 Å². The Bertz CT molecular complexity index is 321. The quantitative estimate of drug-likeness (QED) is 0.729. The molecule has 1 amide bonds. The van der Waals surface area contributed by atoms with Crippen molar-refractivity contribution >= 4 is 5.91 Å². The van der Waals surface area contributed by atoms with Crippen LogP contribution in [0.3, 0.4) is 0 Å². The molecule has 0 bridgehead atoms. The summed E-state index contributed by atoms with van der Waals surface area (Å²) in [5.41, 5.74) is -0.669. The lowest BCUT2D eigenvalue weighted by molar-refractivity contribution is -0.146. The van der Waals surface area contributed by atoms with Gasteiger partial charge >= 0.3 is 0 Å². The van der Waals surface area contributed by atoms with Crippen molar-refractivity contribution in [2.45, 2.75) is 52.0 Å². The minimum atomic E-state index is -0.669. The first-order chi connectivity index (χ1) is 7.63. The van der Waals surface area contributed by atoms with E-state index in [1.807, 2.05) is 4.90 Å². The number of rotatable bonds is 4. The second-order valence-corrected chi connectivity index (χ2v) is 5.44. The summed E-state index contributed by atoms with van der Waals surface area (Å²) in [6, 6.07) is 2.71. The zero-order valence-corrected chi connectivity index (χ0v) is 10.2. The molecule has 2 saturated carbocycles. The molecule has 3 nitrogen and oxygen atoms in total. The number of carbonyl (C=O) groups is 1. The maximum absolute atomic E-state index is 12.4. The molecular formula is C13H20N2O. The van der Waals surface area contributed by atoms with Crippen molar-refractivity contribution < 1.29 is 4.79 Å². The molecule has 88 valence electrons. The molecule has 2 aliphatic carbocycles. The van der Waals surface area contributed by atoms with Crippen molar-refractivity contribution in [3.8, 4) is 6.07 Å². The molecule has 2 fully saturated rings. The first kappa shape index (κ1) is 11.4. The standard InChI is InChI=1S/C13H20N2O/c1-3-6-15(11-4-5-11)12(16)13(9-14)7-10(2)8-13/h10-11H,3-8H2,1-2H3. The van der Waals surface area contributed by atoms with E-state index < -0.39 is 5.41 Å². The van der Waals surface area contributed by atoms with Crippen LogP contribution in [0.15, 0.2) is 0 Å². The molecule has 0 heterocycles. The van der Waals surface area contributed by atoms with E-state index in [1.165, 1.54) is 0 Å². The van der Waals surface area contributed by atoms with Crippen LogP contribution in [0.25, 0.3) is 0 Å². The van der Waals surface area contributed by atoms with Gasteiger partial charge in [-0.25, -0.2) is 0 Å². The average Bonchev–Trinajstić information content (AvgIpc) is 3.04. The molecule has 0 aliphatic heterocycles. The smallest absolute Gasteiger partial charge is 0.243 e. The van der Waals surface area contributed by atoms with Crippen LogP contribution in [0.5, 0.6) is 0 Å². The van der Waals surface area contributed by atoms with Crippen LogP contribution < -0.4 is 0 Å². The summed E-state index contributed by atoms with van der Waals surface area (Å²) < 4.78 is 0. The van der Waals surface area contributed by atoms with E-state index in [0.29, 0.717) is 12.0 Å². The van der Waals surface area contributed by atoms with Crippen LogP contribution in [0.1, 0.15) is 46.0 Å². The van der Waals surface area contributed by atoms with Gasteiger partial charge in [0.1, 0.15) is 5.41 Å². The number of carbonyl (C=O) groups excluding carboxylic acids is 1. The number of amides is 1. The molecule has 0 spiro atoms. The molecule has 0 aromatic carbocycles. The number of nitriles is 1. The molecule has 16 heavy (non-hydrogen) atoms. The molecule has 2 aliphatic rings. The van der Waals surface area contributed by atoms with Gasteiger partial charge in [0, 0.05) is 12.6 Å². The Morgan fingerprint density at radius 2 is 2.12 bits per heavy atom. The third-order valence-electron chi connectivity index (χ3n) is 3.73. The highest BCUT2D eigenvalue weighted by atomic mass is 16.2. The summed E-state index contributed by atoms with van der Waals surface area (Å²) >= 11 is 0. The number of hydrogen-bond donors (Lipinski definition) is 0. The van der Waals surface area contributed by atoms with Crippen LogP contribution in [0.4, 0.5) is 0 Å². The van der Waals surface area contributed by atoms with Crippen molar-refractivity contribution in [3.63, 3.8) is 0 Å². The Morgan fingerprint density at radius 3 is 2.50 bits per heavy atom. The van der Waals surface area contributed by atoms with Crippen molar-refractivity contribution in [1.29, 1.82) is 5.26 Å². The van der Waals surface area contributed by atoms with Crippen molar-refractivity contribution in [3.05, 3.63) is 0 Å². The zero-order valence-electron chi connectivity index (χ0n) is 10.2. The van der Waals surface area contributed by atoms with Gasteiger partial charge in [-0.2, -0.15) is 5.26 Å². The van der Waals surface area contributed by atoms with E-state index in [2.05, 4.69) is 19.9 Å². The highest BCUT2D eigenvalue weighted by Gasteiger charge is 2.52. The zero-order chi connectivity index (χ0) is 11.8. The number of nitrogens with zero attached hydrogens (tertiary/aromatic N) is 2. The van der Waals surface area contributed by atoms with Crippen molar-refractivity contribution in [1.82, 2.24) is 4.90 Å². The Balaban J connectivity index is 2.07. The minimum Gasteiger partial charge on any atom is -0.338 e. The highest BCUT2D eigenvalue weighted by molar-refractivity contribution is 5.87. The van der Waals surface area contributed by atoms with E-state index in [0.717, 1.165) is 38.6 Å². The Kier molecular flexibility index (Phi) is 2.92. The van der Waals surface area contributed by atoms with E-state index in [-0.39, 0.29) is 5.91 Å². The Morgan fingerprint density at radius 1 is 1.50 bits per heavy atom. The second kappa shape index (κ2) is 4.08. The van der Waals surface area contributed by atoms with Gasteiger partial charge in [0.2, 0.25) is 5.91 Å². The van der Waals surface area contributed by atoms with Gasteiger partial charge in [0.25, 0.3) is 0 Å². The molecule has 0 radical (unpaired) electrons. The predicted octanol–water partition coefficient (Wildman–Crippen LogP) is 2.33. The molecule has 0 aromatic heterocycles. The minimum absolute atomic E-state index is 0.109. The van der Waals surface area contributed by atoms with Gasteiger partial charge in [-0.1, -0.05) is 13.8 Å². The van der Waals surface area contributed by atoms with Crippen molar-refractivity contribution in [2.75, 3.05) is 6.54 Å². The van der Waals surface area contributed by atoms with Crippen LogP contribution >= 0.6 is 0 Å². The summed E-state index contributed by atoms with van der Waals surface area (Å²) in [5.74, 6) is 0.642. The van der Waals surface area contributed by atoms with Gasteiger partial charge in [0.15, 0.2) is 0 Å². The predicted molar refractivity (Wildman–Crippen MR) is 61.5 cm³/mol. The average molecular weight is 220 g/mol. The summed E-state index contributed by atoms with van der Waals surface area (Å²) in [4.78, 5) is 14.4. The van der Waals surface area contributed by atoms with Crippen LogP contribution in [-0.2, 0) is 4.79 Å². The monoisotopic (exact) mass is 220 g/mol. The molecule has 0 atom stereocenters. The molecular weight excluding hydrogens is 200 g/mol. The van der Waals surface area contributed by atoms with Crippen LogP contribution in [0.2, 0.25) is 0 Å². The lowest BCUT2D eigenvalue weighted by Crippen LogP contribution is -2.51. The van der Waals surface area contributed by atoms with Crippen LogP contribution in [-0.4, -0.2) is 23.4 Å². The van der Waals surface area contributed by atoms with E-state index >= 15 is 0 Å². The maximum atomic E-state index is 12.4. The van der Waals surface area contributed by atoms with Gasteiger partial charge in [-0.05, 0) is 38.0 Å². The van der Waals surface area contributed by atoms with E-state index in [9.17, 15) is 10.1 Å². The van der Waals surface area contributed by atoms with Gasteiger partial charge < -0.3 is 4.90 Å². The Hall–Kier alpha value is -1.04. The lowest BCUT2D eigenvalue weighted by atomic mass is 9.62. The van der Waals surface area contributed by atoms with E-state index in [4.69, 9.17) is 0 Å². The lowest BCUT2D eigenvalue weighted by Gasteiger charge is -2.42. The second-order valence-electron chi connectivity index (χ2n) is 5.44. The normalized spacial score (nSPS) is 32.7. The number of hydrogen-bond acceptors (Lipinski definition) is 2. The fraction of sp³-hybridized carbons (Fsp3) is 0.846. The first-order valence-electron chi connectivity index (χ1n) is 6.35. The summed E-state index contributed by atoms with van der Waals surface area (Å²) in [6.45, 7) is 5.02. The van der Waals surface area contributed by atoms with Crippen molar-refractivity contribution in [2.24, 2.45) is 11.3 Å². The molecule has 0 saturated heterocycles. The van der Waals surface area contributed by atoms with Crippen LogP contribution in [0, 0.1) is 22.7 Å². The third kappa shape index (κ3) is 1.81. The fourth-order valence-corrected chi connectivity index (χ4v) is 2.80. The van der Waals surface area contributed by atoms with Gasteiger partial charge in [-0.15, -0.1) is 0 Å². The fourth-order valence-electron chi connectivity index (χ4n) is 2.80. The summed E-state index contributed by atoms with van der Waals surface area (Å²) in [6.07, 6.45) is 4.76. The Labute approximate surface area is 97.4 Å². The van der Waals surface area contributed by atoms with Gasteiger partial charge in [0.05, 0.1) is 6.07 Å². The topological polar surface area (TPSA) is 44.1 Å². The summed E-state index contributed by atoms with van der Waals surface area (Å²) in [5, 5.41) is 9.25. The first-order valence-corrected chi connectivity index (χ1v) is 6.35. The highest BCUT2D eigenvalue weighted by Crippen LogP contribution is 2.47. The summed E-state index contributed by atoms with van der Waals surface area (Å²) in [7, 11) is 0. The molecule has 0 N–H and O–H groups in total. The third-order valence-corrected chi connectivity index (χ3v) is 3.73. The molecule has 0 aromatic rings. The van der Waals surface area contributed by atoms with E-state index in [1.54, 1.807) is 0 Å². The maximum Gasteiger partial charge on any atom is 0.243 e. The molecule has 3 heteroatoms. The molecule has 2 rings (SSSR count). The largest absolute Gasteiger partial charge is 0.338 e. The molecule has 0 unspecified atom stereocenters.